The van der Waals surface area contributed by atoms with Crippen LogP contribution >= 0.6 is 11.3 Å². The first-order valence-corrected chi connectivity index (χ1v) is 7.78. The molecule has 0 fully saturated rings. The van der Waals surface area contributed by atoms with Crippen LogP contribution in [-0.4, -0.2) is 23.9 Å². The van der Waals surface area contributed by atoms with Gasteiger partial charge in [-0.1, -0.05) is 25.2 Å². The molecular weight excluding hydrogens is 304 g/mol. The van der Waals surface area contributed by atoms with Crippen LogP contribution in [0.15, 0.2) is 24.0 Å². The number of hydrogen-bond acceptors (Lipinski definition) is 6. The largest absolute Gasteiger partial charge is 0.372 e. The molecule has 3 aromatic heterocycles. The van der Waals surface area contributed by atoms with Crippen molar-refractivity contribution in [2.24, 2.45) is 5.92 Å². The fourth-order valence-corrected chi connectivity index (χ4v) is 3.01. The van der Waals surface area contributed by atoms with Gasteiger partial charge in [0.05, 0.1) is 6.54 Å². The van der Waals surface area contributed by atoms with Crippen LogP contribution in [0, 0.1) is 16.0 Å². The van der Waals surface area contributed by atoms with E-state index >= 15 is 0 Å². The van der Waals surface area contributed by atoms with E-state index in [0.29, 0.717) is 17.4 Å². The quantitative estimate of drug-likeness (QED) is 0.557. The molecule has 0 aromatic carbocycles. The van der Waals surface area contributed by atoms with Crippen molar-refractivity contribution in [2.75, 3.05) is 5.32 Å². The van der Waals surface area contributed by atoms with E-state index in [4.69, 9.17) is 0 Å². The van der Waals surface area contributed by atoms with Crippen molar-refractivity contribution in [3.8, 4) is 0 Å². The highest BCUT2D eigenvalue weighted by molar-refractivity contribution is 7.15. The Morgan fingerprint density at radius 2 is 2.27 bits per heavy atom. The highest BCUT2D eigenvalue weighted by Gasteiger charge is 2.23. The molecule has 3 heterocycles. The predicted octanol–water partition coefficient (Wildman–Crippen LogP) is 2.77. The molecule has 1 N–H and O–H groups in total. The van der Waals surface area contributed by atoms with Crippen molar-refractivity contribution >= 4 is 27.9 Å². The number of imidazole rings is 2. The van der Waals surface area contributed by atoms with E-state index in [1.807, 2.05) is 10.8 Å². The summed E-state index contributed by atoms with van der Waals surface area (Å²) in [4.78, 5) is 20.0. The van der Waals surface area contributed by atoms with Crippen molar-refractivity contribution in [3.05, 3.63) is 39.9 Å². The number of anilines is 1. The summed E-state index contributed by atoms with van der Waals surface area (Å²) in [6.45, 7) is 5.51. The minimum absolute atomic E-state index is 0.0433. The Hall–Kier alpha value is -2.42. The van der Waals surface area contributed by atoms with Gasteiger partial charge in [0.25, 0.3) is 4.96 Å². The average Bonchev–Trinajstić information content (AvgIpc) is 3.09. The summed E-state index contributed by atoms with van der Waals surface area (Å²) in [5, 5.41) is 16.1. The number of aromatic nitrogens is 4. The van der Waals surface area contributed by atoms with Crippen LogP contribution < -0.4 is 5.32 Å². The molecule has 116 valence electrons. The van der Waals surface area contributed by atoms with Crippen LogP contribution in [0.3, 0.4) is 0 Å². The molecule has 0 atom stereocenters. The van der Waals surface area contributed by atoms with Crippen LogP contribution in [0.2, 0.25) is 0 Å². The molecule has 8 nitrogen and oxygen atoms in total. The van der Waals surface area contributed by atoms with E-state index in [2.05, 4.69) is 29.1 Å². The summed E-state index contributed by atoms with van der Waals surface area (Å²) >= 11 is 1.36. The molecule has 0 unspecified atom stereocenters. The smallest absolute Gasteiger partial charge is 0.358 e. The fraction of sp³-hybridized carbons (Fsp3) is 0.385. The highest BCUT2D eigenvalue weighted by atomic mass is 32.1. The third-order valence-electron chi connectivity index (χ3n) is 3.19. The Balaban J connectivity index is 1.82. The van der Waals surface area contributed by atoms with Crippen LogP contribution in [0.4, 0.5) is 11.6 Å². The molecule has 0 aliphatic carbocycles. The van der Waals surface area contributed by atoms with Crippen molar-refractivity contribution in [1.82, 2.24) is 18.9 Å². The average molecular weight is 320 g/mol. The Bertz CT molecular complexity index is 803. The summed E-state index contributed by atoms with van der Waals surface area (Å²) in [5.41, 5.74) is 0. The van der Waals surface area contributed by atoms with Gasteiger partial charge in [0.2, 0.25) is 5.82 Å². The molecule has 0 bridgehead atoms. The third kappa shape index (κ3) is 2.67. The number of hydrogen-bond donors (Lipinski definition) is 1. The Kier molecular flexibility index (Phi) is 3.80. The normalized spacial score (nSPS) is 11.4. The van der Waals surface area contributed by atoms with Gasteiger partial charge in [0.1, 0.15) is 12.0 Å². The predicted molar refractivity (Wildman–Crippen MR) is 84.1 cm³/mol. The number of nitrogens with one attached hydrogen (secondary N) is 1. The van der Waals surface area contributed by atoms with Crippen LogP contribution in [0.5, 0.6) is 0 Å². The molecule has 22 heavy (non-hydrogen) atoms. The summed E-state index contributed by atoms with van der Waals surface area (Å²) in [6.07, 6.45) is 5.30. The van der Waals surface area contributed by atoms with Crippen LogP contribution in [0.1, 0.15) is 19.7 Å². The first kappa shape index (κ1) is 14.5. The summed E-state index contributed by atoms with van der Waals surface area (Å²) in [6, 6.07) is 0. The van der Waals surface area contributed by atoms with E-state index in [1.54, 1.807) is 17.8 Å². The van der Waals surface area contributed by atoms with Gasteiger partial charge >= 0.3 is 5.82 Å². The molecule has 0 spiro atoms. The Morgan fingerprint density at radius 1 is 1.45 bits per heavy atom. The molecular formula is C13H16N6O2S. The molecule has 0 aliphatic heterocycles. The fourth-order valence-electron chi connectivity index (χ4n) is 2.30. The van der Waals surface area contributed by atoms with Crippen molar-refractivity contribution in [2.45, 2.75) is 26.9 Å². The SMILES string of the molecule is CC(C)Cn1ccnc1CNc1nc2sccn2c1[N+](=O)[O-]. The van der Waals surface area contributed by atoms with Gasteiger partial charge in [-0.25, -0.2) is 4.98 Å². The molecule has 0 amide bonds. The molecule has 0 saturated carbocycles. The lowest BCUT2D eigenvalue weighted by Crippen LogP contribution is -2.12. The minimum atomic E-state index is -0.421. The van der Waals surface area contributed by atoms with Crippen molar-refractivity contribution in [1.29, 1.82) is 0 Å². The second-order valence-electron chi connectivity index (χ2n) is 5.34. The lowest BCUT2D eigenvalue weighted by atomic mass is 10.2. The first-order chi connectivity index (χ1) is 10.6. The van der Waals surface area contributed by atoms with Crippen molar-refractivity contribution < 1.29 is 4.92 Å². The van der Waals surface area contributed by atoms with Gasteiger partial charge in [0.15, 0.2) is 0 Å². The maximum atomic E-state index is 11.3. The van der Waals surface area contributed by atoms with Gasteiger partial charge in [0, 0.05) is 24.3 Å². The lowest BCUT2D eigenvalue weighted by Gasteiger charge is -2.10. The van der Waals surface area contributed by atoms with E-state index in [9.17, 15) is 10.1 Å². The third-order valence-corrected chi connectivity index (χ3v) is 3.94. The van der Waals surface area contributed by atoms with Gasteiger partial charge in [-0.05, 0) is 10.8 Å². The standard InChI is InChI=1S/C13H16N6O2S/c1-9(2)8-17-4-3-14-10(17)7-15-11-12(19(20)21)18-5-6-22-13(18)16-11/h3-6,9,15H,7-8H2,1-2H3. The maximum absolute atomic E-state index is 11.3. The number of nitro groups is 1. The monoisotopic (exact) mass is 320 g/mol. The Morgan fingerprint density at radius 3 is 3.00 bits per heavy atom. The van der Waals surface area contributed by atoms with E-state index in [0.717, 1.165) is 12.4 Å². The molecule has 3 rings (SSSR count). The molecule has 0 aliphatic rings. The topological polar surface area (TPSA) is 90.3 Å². The molecule has 0 saturated heterocycles. The van der Waals surface area contributed by atoms with Gasteiger partial charge in [-0.15, -0.1) is 0 Å². The maximum Gasteiger partial charge on any atom is 0.372 e. The van der Waals surface area contributed by atoms with E-state index < -0.39 is 4.92 Å². The molecule has 9 heteroatoms. The molecule has 0 radical (unpaired) electrons. The second kappa shape index (κ2) is 5.76. The number of fused-ring (bicyclic) bond motifs is 1. The minimum Gasteiger partial charge on any atom is -0.358 e. The second-order valence-corrected chi connectivity index (χ2v) is 6.21. The highest BCUT2D eigenvalue weighted by Crippen LogP contribution is 2.28. The number of nitrogens with zero attached hydrogens (tertiary/aromatic N) is 5. The van der Waals surface area contributed by atoms with E-state index in [-0.39, 0.29) is 11.6 Å². The van der Waals surface area contributed by atoms with Crippen molar-refractivity contribution in [3.63, 3.8) is 0 Å². The van der Waals surface area contributed by atoms with Crippen LogP contribution in [-0.2, 0) is 13.1 Å². The summed E-state index contributed by atoms with van der Waals surface area (Å²) in [7, 11) is 0. The van der Waals surface area contributed by atoms with Gasteiger partial charge < -0.3 is 20.0 Å². The van der Waals surface area contributed by atoms with Crippen LogP contribution in [0.25, 0.3) is 4.96 Å². The molecule has 3 aromatic rings. The number of thiazole rings is 1. The van der Waals surface area contributed by atoms with Gasteiger partial charge in [-0.3, -0.25) is 0 Å². The number of rotatable bonds is 6. The summed E-state index contributed by atoms with van der Waals surface area (Å²) < 4.78 is 3.52. The Labute approximate surface area is 130 Å². The first-order valence-electron chi connectivity index (χ1n) is 6.90. The zero-order valence-corrected chi connectivity index (χ0v) is 13.1. The lowest BCUT2D eigenvalue weighted by molar-refractivity contribution is -0.389. The summed E-state index contributed by atoms with van der Waals surface area (Å²) in [5.74, 6) is 1.56. The van der Waals surface area contributed by atoms with E-state index in [1.165, 1.54) is 15.7 Å². The zero-order valence-electron chi connectivity index (χ0n) is 12.3. The zero-order chi connectivity index (χ0) is 15.7. The van der Waals surface area contributed by atoms with Gasteiger partial charge in [-0.2, -0.15) is 9.38 Å².